The first-order valence-electron chi connectivity index (χ1n) is 4.04. The summed E-state index contributed by atoms with van der Waals surface area (Å²) in [5.41, 5.74) is 5.25. The van der Waals surface area contributed by atoms with Crippen molar-refractivity contribution in [1.29, 1.82) is 0 Å². The van der Waals surface area contributed by atoms with Gasteiger partial charge >= 0.3 is 0 Å². The molecule has 0 aliphatic heterocycles. The number of rotatable bonds is 2. The Hall–Kier alpha value is -2.03. The zero-order chi connectivity index (χ0) is 11.5. The van der Waals surface area contributed by atoms with Gasteiger partial charge in [0.05, 0.1) is 12.4 Å². The summed E-state index contributed by atoms with van der Waals surface area (Å²) in [6, 6.07) is 0. The van der Waals surface area contributed by atoms with E-state index >= 15 is 0 Å². The Bertz CT molecular complexity index is 510. The number of hydrogen-bond acceptors (Lipinski definition) is 7. The first-order chi connectivity index (χ1) is 7.66. The van der Waals surface area contributed by atoms with Gasteiger partial charge in [0.15, 0.2) is 5.82 Å². The van der Waals surface area contributed by atoms with Gasteiger partial charge in [0.2, 0.25) is 11.5 Å². The lowest BCUT2D eigenvalue weighted by Crippen LogP contribution is -2.15. The van der Waals surface area contributed by atoms with Gasteiger partial charge in [-0.2, -0.15) is 0 Å². The van der Waals surface area contributed by atoms with Gasteiger partial charge in [-0.1, -0.05) is 0 Å². The maximum Gasteiger partial charge on any atom is 0.283 e. The van der Waals surface area contributed by atoms with Crippen molar-refractivity contribution in [2.45, 2.75) is 0 Å². The van der Waals surface area contributed by atoms with Crippen molar-refractivity contribution in [3.63, 3.8) is 0 Å². The largest absolute Gasteiger partial charge is 0.379 e. The Kier molecular flexibility index (Phi) is 2.77. The van der Waals surface area contributed by atoms with Crippen LogP contribution >= 0.6 is 15.9 Å². The van der Waals surface area contributed by atoms with Crippen molar-refractivity contribution in [1.82, 2.24) is 20.3 Å². The fourth-order valence-corrected chi connectivity index (χ4v) is 1.11. The van der Waals surface area contributed by atoms with Crippen LogP contribution in [0, 0.1) is 0 Å². The SMILES string of the molecule is Nc1nonc1C(=O)Nc1cnc(Br)cn1. The molecule has 0 fully saturated rings. The average molecular weight is 285 g/mol. The van der Waals surface area contributed by atoms with Gasteiger partial charge in [-0.05, 0) is 26.2 Å². The highest BCUT2D eigenvalue weighted by atomic mass is 79.9. The summed E-state index contributed by atoms with van der Waals surface area (Å²) in [5.74, 6) is -0.367. The van der Waals surface area contributed by atoms with Crippen LogP contribution < -0.4 is 11.1 Å². The molecular weight excluding hydrogens is 280 g/mol. The van der Waals surface area contributed by atoms with E-state index in [2.05, 4.69) is 46.2 Å². The van der Waals surface area contributed by atoms with E-state index in [1.165, 1.54) is 12.4 Å². The number of aromatic nitrogens is 4. The smallest absolute Gasteiger partial charge is 0.283 e. The molecule has 0 unspecified atom stereocenters. The number of halogens is 1. The van der Waals surface area contributed by atoms with Gasteiger partial charge in [-0.3, -0.25) is 4.79 Å². The number of anilines is 2. The van der Waals surface area contributed by atoms with Gasteiger partial charge in [-0.25, -0.2) is 14.6 Å². The Morgan fingerprint density at radius 2 is 2.19 bits per heavy atom. The lowest BCUT2D eigenvalue weighted by molar-refractivity contribution is 0.101. The van der Waals surface area contributed by atoms with Crippen LogP contribution in [0.1, 0.15) is 10.5 Å². The van der Waals surface area contributed by atoms with Crippen LogP contribution in [0.3, 0.4) is 0 Å². The number of nitrogens with zero attached hydrogens (tertiary/aromatic N) is 4. The van der Waals surface area contributed by atoms with Crippen molar-refractivity contribution in [2.75, 3.05) is 11.1 Å². The van der Waals surface area contributed by atoms with E-state index in [-0.39, 0.29) is 17.3 Å². The molecule has 0 saturated heterocycles. The molecule has 0 spiro atoms. The number of carbonyl (C=O) groups excluding carboxylic acids is 1. The third-order valence-electron chi connectivity index (χ3n) is 1.59. The third-order valence-corrected chi connectivity index (χ3v) is 2.00. The molecule has 2 rings (SSSR count). The van der Waals surface area contributed by atoms with E-state index in [0.29, 0.717) is 4.60 Å². The molecule has 0 aliphatic carbocycles. The van der Waals surface area contributed by atoms with Gasteiger partial charge in [0, 0.05) is 0 Å². The van der Waals surface area contributed by atoms with Gasteiger partial charge < -0.3 is 11.1 Å². The molecule has 0 aliphatic rings. The molecule has 0 aromatic carbocycles. The quantitative estimate of drug-likeness (QED) is 0.822. The lowest BCUT2D eigenvalue weighted by Gasteiger charge is -2.00. The van der Waals surface area contributed by atoms with Crippen LogP contribution in [-0.2, 0) is 0 Å². The van der Waals surface area contributed by atoms with Crippen molar-refractivity contribution < 1.29 is 9.42 Å². The van der Waals surface area contributed by atoms with Crippen molar-refractivity contribution in [3.05, 3.63) is 22.7 Å². The molecule has 2 heterocycles. The standard InChI is InChI=1S/C7H5BrN6O2/c8-3-1-11-4(2-10-3)12-7(15)5-6(9)14-16-13-5/h1-2H,(H2,9,14)(H,11,12,15). The normalized spacial score (nSPS) is 10.1. The average Bonchev–Trinajstić information content (AvgIpc) is 2.68. The molecule has 16 heavy (non-hydrogen) atoms. The van der Waals surface area contributed by atoms with Gasteiger partial charge in [0.25, 0.3) is 5.91 Å². The summed E-state index contributed by atoms with van der Waals surface area (Å²) >= 11 is 3.12. The fraction of sp³-hybridized carbons (Fsp3) is 0. The molecule has 2 aromatic heterocycles. The summed E-state index contributed by atoms with van der Waals surface area (Å²) in [7, 11) is 0. The van der Waals surface area contributed by atoms with Crippen molar-refractivity contribution in [2.24, 2.45) is 0 Å². The fourth-order valence-electron chi connectivity index (χ4n) is 0.905. The number of amides is 1. The highest BCUT2D eigenvalue weighted by molar-refractivity contribution is 9.10. The topological polar surface area (TPSA) is 120 Å². The Labute approximate surface area is 97.3 Å². The van der Waals surface area contributed by atoms with Crippen LogP contribution in [0.25, 0.3) is 0 Å². The van der Waals surface area contributed by atoms with E-state index in [1.807, 2.05) is 0 Å². The van der Waals surface area contributed by atoms with E-state index in [9.17, 15) is 4.79 Å². The number of hydrogen-bond donors (Lipinski definition) is 2. The third kappa shape index (κ3) is 2.14. The number of nitrogen functional groups attached to an aromatic ring is 1. The summed E-state index contributed by atoms with van der Waals surface area (Å²) in [6.45, 7) is 0. The van der Waals surface area contributed by atoms with Gasteiger partial charge in [-0.15, -0.1) is 0 Å². The highest BCUT2D eigenvalue weighted by Gasteiger charge is 2.16. The van der Waals surface area contributed by atoms with E-state index in [0.717, 1.165) is 0 Å². The predicted molar refractivity (Wildman–Crippen MR) is 56.4 cm³/mol. The minimum Gasteiger partial charge on any atom is -0.379 e. The minimum atomic E-state index is -0.560. The highest BCUT2D eigenvalue weighted by Crippen LogP contribution is 2.09. The number of nitrogens with one attached hydrogen (secondary N) is 1. The van der Waals surface area contributed by atoms with Crippen LogP contribution in [0.4, 0.5) is 11.6 Å². The second kappa shape index (κ2) is 4.23. The van der Waals surface area contributed by atoms with Crippen LogP contribution in [-0.4, -0.2) is 26.2 Å². The molecule has 8 nitrogen and oxygen atoms in total. The molecule has 0 bridgehead atoms. The first kappa shape index (κ1) is 10.5. The summed E-state index contributed by atoms with van der Waals surface area (Å²) in [5, 5.41) is 9.07. The van der Waals surface area contributed by atoms with Gasteiger partial charge in [0.1, 0.15) is 4.60 Å². The van der Waals surface area contributed by atoms with E-state index in [1.54, 1.807) is 0 Å². The molecule has 3 N–H and O–H groups in total. The zero-order valence-electron chi connectivity index (χ0n) is 7.72. The van der Waals surface area contributed by atoms with Crippen LogP contribution in [0.5, 0.6) is 0 Å². The maximum atomic E-state index is 11.5. The second-order valence-corrected chi connectivity index (χ2v) is 3.49. The maximum absolute atomic E-state index is 11.5. The summed E-state index contributed by atoms with van der Waals surface area (Å²) in [4.78, 5) is 19.3. The van der Waals surface area contributed by atoms with Crippen molar-refractivity contribution >= 4 is 33.5 Å². The molecule has 9 heteroatoms. The summed E-state index contributed by atoms with van der Waals surface area (Å²) in [6.07, 6.45) is 2.83. The Balaban J connectivity index is 2.14. The first-order valence-corrected chi connectivity index (χ1v) is 4.83. The molecule has 0 radical (unpaired) electrons. The Morgan fingerprint density at radius 3 is 2.75 bits per heavy atom. The lowest BCUT2D eigenvalue weighted by atomic mass is 10.4. The predicted octanol–water partition coefficient (Wildman–Crippen LogP) is 0.457. The molecule has 1 amide bonds. The second-order valence-electron chi connectivity index (χ2n) is 2.68. The van der Waals surface area contributed by atoms with Crippen LogP contribution in [0.15, 0.2) is 21.6 Å². The minimum absolute atomic E-state index is 0.0810. The molecule has 82 valence electrons. The molecule has 0 saturated carbocycles. The van der Waals surface area contributed by atoms with E-state index < -0.39 is 5.91 Å². The number of carbonyl (C=O) groups is 1. The number of nitrogens with two attached hydrogens (primary N) is 1. The molecule has 2 aromatic rings. The monoisotopic (exact) mass is 284 g/mol. The summed E-state index contributed by atoms with van der Waals surface area (Å²) < 4.78 is 4.86. The Morgan fingerprint density at radius 1 is 1.38 bits per heavy atom. The molecule has 0 atom stereocenters. The molecular formula is C7H5BrN6O2. The van der Waals surface area contributed by atoms with Crippen LogP contribution in [0.2, 0.25) is 0 Å². The van der Waals surface area contributed by atoms with E-state index in [4.69, 9.17) is 5.73 Å². The van der Waals surface area contributed by atoms with Crippen molar-refractivity contribution in [3.8, 4) is 0 Å². The zero-order valence-corrected chi connectivity index (χ0v) is 9.30.